The van der Waals surface area contributed by atoms with Crippen LogP contribution in [0.1, 0.15) is 44.9 Å². The molecule has 1 amide bonds. The van der Waals surface area contributed by atoms with Crippen LogP contribution in [0.3, 0.4) is 0 Å². The van der Waals surface area contributed by atoms with Crippen LogP contribution in [0.2, 0.25) is 5.02 Å². The number of aromatic nitrogens is 1. The summed E-state index contributed by atoms with van der Waals surface area (Å²) in [5.74, 6) is 0. The van der Waals surface area contributed by atoms with Crippen molar-refractivity contribution >= 4 is 17.7 Å². The largest absolute Gasteiger partial charge is 0.444 e. The lowest BCUT2D eigenvalue weighted by Crippen LogP contribution is -2.45. The van der Waals surface area contributed by atoms with E-state index >= 15 is 4.39 Å². The molecule has 0 aliphatic carbocycles. The average Bonchev–Trinajstić information content (AvgIpc) is 2.46. The van der Waals surface area contributed by atoms with Gasteiger partial charge in [0.05, 0.1) is 10.7 Å². The van der Waals surface area contributed by atoms with Crippen molar-refractivity contribution in [3.05, 3.63) is 41.2 Å². The third kappa shape index (κ3) is 4.47. The van der Waals surface area contributed by atoms with E-state index in [1.165, 1.54) is 4.90 Å². The number of allylic oxidation sites excluding steroid dienone is 1. The van der Waals surface area contributed by atoms with E-state index in [1.54, 1.807) is 18.3 Å². The van der Waals surface area contributed by atoms with Crippen LogP contribution in [0, 0.1) is 0 Å². The van der Waals surface area contributed by atoms with E-state index < -0.39 is 17.4 Å². The van der Waals surface area contributed by atoms with Gasteiger partial charge in [-0.15, -0.1) is 6.58 Å². The Hall–Kier alpha value is -1.62. The van der Waals surface area contributed by atoms with Gasteiger partial charge in [0.1, 0.15) is 5.60 Å². The maximum absolute atomic E-state index is 15.3. The van der Waals surface area contributed by atoms with Gasteiger partial charge in [0.2, 0.25) is 0 Å². The topological polar surface area (TPSA) is 42.4 Å². The summed E-state index contributed by atoms with van der Waals surface area (Å²) in [6.07, 6.45) is 3.91. The molecule has 0 N–H and O–H groups in total. The second-order valence-corrected chi connectivity index (χ2v) is 7.51. The predicted octanol–water partition coefficient (Wildman–Crippen LogP) is 4.66. The summed E-state index contributed by atoms with van der Waals surface area (Å²) in [5, 5.41) is 0.322. The minimum Gasteiger partial charge on any atom is -0.444 e. The van der Waals surface area contributed by atoms with Crippen LogP contribution < -0.4 is 0 Å². The van der Waals surface area contributed by atoms with E-state index in [-0.39, 0.29) is 31.6 Å². The molecule has 1 fully saturated rings. The molecule has 0 unspecified atom stereocenters. The summed E-state index contributed by atoms with van der Waals surface area (Å²) >= 11 is 6.23. The van der Waals surface area contributed by atoms with E-state index in [1.807, 2.05) is 20.8 Å². The molecule has 0 aromatic carbocycles. The van der Waals surface area contributed by atoms with E-state index in [0.717, 1.165) is 5.56 Å². The van der Waals surface area contributed by atoms with Crippen molar-refractivity contribution in [2.75, 3.05) is 13.1 Å². The zero-order valence-electron chi connectivity index (χ0n) is 14.4. The number of ether oxygens (including phenoxy) is 1. The standard InChI is InChI=1S/C18H24ClFN2O2/c1-5-6-13-11-14(19)15(21-12-13)18(20)7-9-22(10-8-18)16(23)24-17(2,3)4/h5,11-12H,1,6-10H2,2-4H3. The first-order valence-corrected chi connectivity index (χ1v) is 8.45. The van der Waals surface area contributed by atoms with Crippen molar-refractivity contribution in [2.24, 2.45) is 0 Å². The number of amides is 1. The van der Waals surface area contributed by atoms with Crippen LogP contribution in [0.15, 0.2) is 24.9 Å². The molecule has 0 bridgehead atoms. The highest BCUT2D eigenvalue weighted by atomic mass is 35.5. The van der Waals surface area contributed by atoms with Gasteiger partial charge in [0.25, 0.3) is 0 Å². The number of carbonyl (C=O) groups is 1. The molecule has 132 valence electrons. The number of piperidine rings is 1. The summed E-state index contributed by atoms with van der Waals surface area (Å²) in [6.45, 7) is 9.64. The van der Waals surface area contributed by atoms with Gasteiger partial charge in [-0.1, -0.05) is 17.7 Å². The molecule has 4 nitrogen and oxygen atoms in total. The molecule has 24 heavy (non-hydrogen) atoms. The van der Waals surface area contributed by atoms with Gasteiger partial charge >= 0.3 is 6.09 Å². The number of alkyl halides is 1. The fourth-order valence-corrected chi connectivity index (χ4v) is 3.05. The van der Waals surface area contributed by atoms with Crippen LogP contribution in [0.4, 0.5) is 9.18 Å². The number of rotatable bonds is 3. The predicted molar refractivity (Wildman–Crippen MR) is 93.0 cm³/mol. The minimum atomic E-state index is -1.62. The Morgan fingerprint density at radius 1 is 1.50 bits per heavy atom. The van der Waals surface area contributed by atoms with Crippen molar-refractivity contribution in [1.29, 1.82) is 0 Å². The van der Waals surface area contributed by atoms with Gasteiger partial charge < -0.3 is 9.64 Å². The number of halogens is 2. The molecular weight excluding hydrogens is 331 g/mol. The first kappa shape index (κ1) is 18.7. The molecule has 0 saturated carbocycles. The molecular formula is C18H24ClFN2O2. The van der Waals surface area contributed by atoms with Gasteiger partial charge in [-0.25, -0.2) is 9.18 Å². The molecule has 0 radical (unpaired) electrons. The SMILES string of the molecule is C=CCc1cnc(C2(F)CCN(C(=O)OC(C)(C)C)CC2)c(Cl)c1. The summed E-state index contributed by atoms with van der Waals surface area (Å²) in [5.41, 5.74) is -1.04. The lowest BCUT2D eigenvalue weighted by atomic mass is 9.89. The number of pyridine rings is 1. The van der Waals surface area contributed by atoms with Gasteiger partial charge in [-0.2, -0.15) is 0 Å². The van der Waals surface area contributed by atoms with E-state index in [2.05, 4.69) is 11.6 Å². The molecule has 2 heterocycles. The second-order valence-electron chi connectivity index (χ2n) is 7.10. The van der Waals surface area contributed by atoms with Gasteiger partial charge in [-0.3, -0.25) is 4.98 Å². The van der Waals surface area contributed by atoms with E-state index in [0.29, 0.717) is 11.4 Å². The Balaban J connectivity index is 2.07. The third-order valence-electron chi connectivity index (χ3n) is 3.91. The third-order valence-corrected chi connectivity index (χ3v) is 4.20. The normalized spacial score (nSPS) is 17.5. The van der Waals surface area contributed by atoms with Crippen LogP contribution in [-0.4, -0.2) is 34.7 Å². The van der Waals surface area contributed by atoms with Gasteiger partial charge in [0.15, 0.2) is 5.67 Å². The first-order chi connectivity index (χ1) is 11.1. The number of carbonyl (C=O) groups excluding carboxylic acids is 1. The molecule has 1 aromatic rings. The summed E-state index contributed by atoms with van der Waals surface area (Å²) in [4.78, 5) is 17.8. The van der Waals surface area contributed by atoms with Crippen molar-refractivity contribution in [1.82, 2.24) is 9.88 Å². The molecule has 2 rings (SSSR count). The molecule has 1 saturated heterocycles. The van der Waals surface area contributed by atoms with Crippen LogP contribution in [0.25, 0.3) is 0 Å². The highest BCUT2D eigenvalue weighted by Crippen LogP contribution is 2.39. The van der Waals surface area contributed by atoms with Gasteiger partial charge in [0, 0.05) is 32.1 Å². The summed E-state index contributed by atoms with van der Waals surface area (Å²) < 4.78 is 20.6. The number of hydrogen-bond acceptors (Lipinski definition) is 3. The Morgan fingerprint density at radius 3 is 2.62 bits per heavy atom. The number of nitrogens with zero attached hydrogens (tertiary/aromatic N) is 2. The Kier molecular flexibility index (Phi) is 5.53. The maximum atomic E-state index is 15.3. The van der Waals surface area contributed by atoms with Crippen LogP contribution in [0.5, 0.6) is 0 Å². The lowest BCUT2D eigenvalue weighted by Gasteiger charge is -2.37. The van der Waals surface area contributed by atoms with Crippen molar-refractivity contribution < 1.29 is 13.9 Å². The molecule has 0 atom stereocenters. The minimum absolute atomic E-state index is 0.153. The second kappa shape index (κ2) is 7.09. The smallest absolute Gasteiger partial charge is 0.410 e. The highest BCUT2D eigenvalue weighted by Gasteiger charge is 2.41. The van der Waals surface area contributed by atoms with Crippen LogP contribution >= 0.6 is 11.6 Å². The fraction of sp³-hybridized carbons (Fsp3) is 0.556. The number of likely N-dealkylation sites (tertiary alicyclic amines) is 1. The van der Waals surface area contributed by atoms with Crippen molar-refractivity contribution in [3.8, 4) is 0 Å². The van der Waals surface area contributed by atoms with Crippen LogP contribution in [-0.2, 0) is 16.8 Å². The van der Waals surface area contributed by atoms with Crippen molar-refractivity contribution in [2.45, 2.75) is 51.3 Å². The van der Waals surface area contributed by atoms with E-state index in [9.17, 15) is 4.79 Å². The molecule has 6 heteroatoms. The zero-order chi connectivity index (χ0) is 18.0. The number of hydrogen-bond donors (Lipinski definition) is 0. The fourth-order valence-electron chi connectivity index (χ4n) is 2.69. The lowest BCUT2D eigenvalue weighted by molar-refractivity contribution is 0.00129. The quantitative estimate of drug-likeness (QED) is 0.741. The highest BCUT2D eigenvalue weighted by molar-refractivity contribution is 6.31. The van der Waals surface area contributed by atoms with E-state index in [4.69, 9.17) is 16.3 Å². The average molecular weight is 355 g/mol. The summed E-state index contributed by atoms with van der Waals surface area (Å²) in [7, 11) is 0. The Bertz CT molecular complexity index is 620. The molecule has 1 aromatic heterocycles. The van der Waals surface area contributed by atoms with Gasteiger partial charge in [-0.05, 0) is 38.8 Å². The summed E-state index contributed by atoms with van der Waals surface area (Å²) in [6, 6.07) is 1.73. The van der Waals surface area contributed by atoms with Crippen molar-refractivity contribution in [3.63, 3.8) is 0 Å². The molecule has 0 spiro atoms. The first-order valence-electron chi connectivity index (χ1n) is 8.07. The molecule has 1 aliphatic heterocycles. The Labute approximate surface area is 147 Å². The zero-order valence-corrected chi connectivity index (χ0v) is 15.2. The molecule has 1 aliphatic rings. The maximum Gasteiger partial charge on any atom is 0.410 e. The Morgan fingerprint density at radius 2 is 2.12 bits per heavy atom. The monoisotopic (exact) mass is 354 g/mol.